The van der Waals surface area contributed by atoms with Gasteiger partial charge in [-0.25, -0.2) is 0 Å². The van der Waals surface area contributed by atoms with Crippen LogP contribution in [-0.2, 0) is 9.53 Å². The highest BCUT2D eigenvalue weighted by Gasteiger charge is 2.15. The summed E-state index contributed by atoms with van der Waals surface area (Å²) >= 11 is 0. The van der Waals surface area contributed by atoms with Crippen molar-refractivity contribution in [1.29, 1.82) is 0 Å². The van der Waals surface area contributed by atoms with Crippen LogP contribution in [0.4, 0.5) is 0 Å². The van der Waals surface area contributed by atoms with E-state index in [0.717, 1.165) is 22.4 Å². The van der Waals surface area contributed by atoms with Gasteiger partial charge >= 0.3 is 5.97 Å². The highest BCUT2D eigenvalue weighted by molar-refractivity contribution is 5.85. The van der Waals surface area contributed by atoms with Crippen LogP contribution in [0, 0.1) is 13.8 Å². The minimum absolute atomic E-state index is 0. The van der Waals surface area contributed by atoms with Crippen LogP contribution in [-0.4, -0.2) is 19.7 Å². The van der Waals surface area contributed by atoms with Crippen molar-refractivity contribution in [2.45, 2.75) is 33.2 Å². The van der Waals surface area contributed by atoms with Gasteiger partial charge in [-0.15, -0.1) is 12.4 Å². The van der Waals surface area contributed by atoms with Gasteiger partial charge in [0.15, 0.2) is 0 Å². The summed E-state index contributed by atoms with van der Waals surface area (Å²) in [5, 5.41) is 0. The topological polar surface area (TPSA) is 61.5 Å². The largest absolute Gasteiger partial charge is 0.496 e. The number of methoxy groups -OCH3 is 1. The van der Waals surface area contributed by atoms with Gasteiger partial charge in [-0.05, 0) is 37.5 Å². The number of ether oxygens (including phenoxy) is 2. The second kappa shape index (κ2) is 8.02. The number of aryl methyl sites for hydroxylation is 2. The van der Waals surface area contributed by atoms with Crippen molar-refractivity contribution < 1.29 is 14.3 Å². The predicted octanol–water partition coefficient (Wildman–Crippen LogP) is 2.69. The zero-order valence-corrected chi connectivity index (χ0v) is 12.7. The molecular formula is C14H22ClNO3. The summed E-state index contributed by atoms with van der Waals surface area (Å²) in [6, 6.07) is 3.57. The Balaban J connectivity index is 0.00000324. The molecule has 1 rings (SSSR count). The first kappa shape index (κ1) is 17.7. The molecule has 1 aromatic carbocycles. The van der Waals surface area contributed by atoms with E-state index in [-0.39, 0.29) is 30.8 Å². The van der Waals surface area contributed by atoms with Crippen molar-refractivity contribution in [2.24, 2.45) is 5.73 Å². The number of hydrogen-bond acceptors (Lipinski definition) is 4. The molecule has 4 nitrogen and oxygen atoms in total. The molecule has 0 fully saturated rings. The Morgan fingerprint density at radius 3 is 2.26 bits per heavy atom. The number of hydrogen-bond donors (Lipinski definition) is 1. The smallest absolute Gasteiger partial charge is 0.307 e. The lowest BCUT2D eigenvalue weighted by atomic mass is 9.99. The lowest BCUT2D eigenvalue weighted by molar-refractivity contribution is -0.143. The quantitative estimate of drug-likeness (QED) is 0.846. The molecule has 0 saturated heterocycles. The molecule has 0 spiro atoms. The van der Waals surface area contributed by atoms with Crippen molar-refractivity contribution in [3.63, 3.8) is 0 Å². The lowest BCUT2D eigenvalue weighted by Crippen LogP contribution is -2.17. The molecule has 0 unspecified atom stereocenters. The molecule has 0 bridgehead atoms. The fourth-order valence-corrected chi connectivity index (χ4v) is 2.04. The SMILES string of the molecule is CCOC(=O)C[C@H](N)c1cc(C)c(OC)c(C)c1.Cl. The molecule has 0 aromatic heterocycles. The third-order valence-electron chi connectivity index (χ3n) is 2.81. The molecule has 0 aliphatic rings. The first-order chi connectivity index (χ1) is 8.49. The van der Waals surface area contributed by atoms with Crippen LogP contribution in [0.2, 0.25) is 0 Å². The lowest BCUT2D eigenvalue weighted by Gasteiger charge is -2.15. The van der Waals surface area contributed by atoms with E-state index in [1.54, 1.807) is 14.0 Å². The summed E-state index contributed by atoms with van der Waals surface area (Å²) < 4.78 is 10.2. The van der Waals surface area contributed by atoms with E-state index < -0.39 is 0 Å². The number of benzene rings is 1. The third kappa shape index (κ3) is 4.73. The molecule has 108 valence electrons. The van der Waals surface area contributed by atoms with Crippen molar-refractivity contribution in [3.05, 3.63) is 28.8 Å². The normalized spacial score (nSPS) is 11.4. The van der Waals surface area contributed by atoms with Crippen LogP contribution >= 0.6 is 12.4 Å². The average Bonchev–Trinajstić information content (AvgIpc) is 2.28. The van der Waals surface area contributed by atoms with Crippen molar-refractivity contribution in [3.8, 4) is 5.75 Å². The van der Waals surface area contributed by atoms with E-state index in [2.05, 4.69) is 0 Å². The van der Waals surface area contributed by atoms with Crippen molar-refractivity contribution in [2.75, 3.05) is 13.7 Å². The van der Waals surface area contributed by atoms with Gasteiger partial charge in [-0.3, -0.25) is 4.79 Å². The molecule has 1 aromatic rings. The Labute approximate surface area is 120 Å². The molecule has 5 heteroatoms. The maximum atomic E-state index is 11.4. The summed E-state index contributed by atoms with van der Waals surface area (Å²) in [6.45, 7) is 6.09. The average molecular weight is 288 g/mol. The van der Waals surface area contributed by atoms with Gasteiger partial charge in [0.1, 0.15) is 5.75 Å². The molecule has 0 saturated carbocycles. The number of halogens is 1. The molecule has 19 heavy (non-hydrogen) atoms. The zero-order valence-electron chi connectivity index (χ0n) is 11.9. The Kier molecular flexibility index (Phi) is 7.49. The molecule has 0 heterocycles. The number of nitrogens with two attached hydrogens (primary N) is 1. The highest BCUT2D eigenvalue weighted by Crippen LogP contribution is 2.27. The molecule has 0 aliphatic carbocycles. The van der Waals surface area contributed by atoms with Crippen LogP contribution in [0.25, 0.3) is 0 Å². The van der Waals surface area contributed by atoms with Gasteiger partial charge in [0.05, 0.1) is 20.1 Å². The summed E-state index contributed by atoms with van der Waals surface area (Å²) in [5.74, 6) is 0.596. The maximum absolute atomic E-state index is 11.4. The standard InChI is InChI=1S/C14H21NO3.ClH/c1-5-18-13(16)8-12(15)11-6-9(2)14(17-4)10(3)7-11;/h6-7,12H,5,8,15H2,1-4H3;1H/t12-;/m0./s1. The number of carbonyl (C=O) groups is 1. The Morgan fingerprint density at radius 1 is 1.32 bits per heavy atom. The van der Waals surface area contributed by atoms with Crippen molar-refractivity contribution in [1.82, 2.24) is 0 Å². The maximum Gasteiger partial charge on any atom is 0.307 e. The minimum atomic E-state index is -0.340. The summed E-state index contributed by atoms with van der Waals surface area (Å²) in [5.41, 5.74) is 8.98. The Hall–Kier alpha value is -1.26. The van der Waals surface area contributed by atoms with E-state index >= 15 is 0 Å². The fraction of sp³-hybridized carbons (Fsp3) is 0.500. The molecular weight excluding hydrogens is 266 g/mol. The second-order valence-electron chi connectivity index (χ2n) is 4.30. The first-order valence-corrected chi connectivity index (χ1v) is 6.05. The number of carbonyl (C=O) groups excluding carboxylic acids is 1. The molecule has 1 atom stereocenters. The van der Waals surface area contributed by atoms with Crippen LogP contribution in [0.3, 0.4) is 0 Å². The van der Waals surface area contributed by atoms with Gasteiger partial charge in [0, 0.05) is 6.04 Å². The monoisotopic (exact) mass is 287 g/mol. The van der Waals surface area contributed by atoms with Crippen LogP contribution in [0.5, 0.6) is 5.75 Å². The van der Waals surface area contributed by atoms with E-state index in [4.69, 9.17) is 15.2 Å². The Bertz CT molecular complexity index is 412. The highest BCUT2D eigenvalue weighted by atomic mass is 35.5. The Morgan fingerprint density at radius 2 is 1.84 bits per heavy atom. The van der Waals surface area contributed by atoms with E-state index in [1.807, 2.05) is 26.0 Å². The van der Waals surface area contributed by atoms with E-state index in [1.165, 1.54) is 0 Å². The second-order valence-corrected chi connectivity index (χ2v) is 4.30. The van der Waals surface area contributed by atoms with E-state index in [0.29, 0.717) is 6.61 Å². The zero-order chi connectivity index (χ0) is 13.7. The minimum Gasteiger partial charge on any atom is -0.496 e. The molecule has 0 amide bonds. The van der Waals surface area contributed by atoms with Gasteiger partial charge in [-0.2, -0.15) is 0 Å². The summed E-state index contributed by atoms with van der Waals surface area (Å²) in [4.78, 5) is 11.4. The van der Waals surface area contributed by atoms with Crippen LogP contribution in [0.1, 0.15) is 36.1 Å². The fourth-order valence-electron chi connectivity index (χ4n) is 2.04. The number of rotatable bonds is 5. The summed E-state index contributed by atoms with van der Waals surface area (Å²) in [7, 11) is 1.65. The van der Waals surface area contributed by atoms with Crippen LogP contribution < -0.4 is 10.5 Å². The van der Waals surface area contributed by atoms with Gasteiger partial charge < -0.3 is 15.2 Å². The molecule has 0 radical (unpaired) electrons. The predicted molar refractivity (Wildman–Crippen MR) is 77.9 cm³/mol. The third-order valence-corrected chi connectivity index (χ3v) is 2.81. The van der Waals surface area contributed by atoms with E-state index in [9.17, 15) is 4.79 Å². The van der Waals surface area contributed by atoms with Crippen LogP contribution in [0.15, 0.2) is 12.1 Å². The summed E-state index contributed by atoms with van der Waals surface area (Å²) in [6.07, 6.45) is 0.194. The van der Waals surface area contributed by atoms with Gasteiger partial charge in [0.2, 0.25) is 0 Å². The number of esters is 1. The first-order valence-electron chi connectivity index (χ1n) is 6.05. The molecule has 2 N–H and O–H groups in total. The van der Waals surface area contributed by atoms with Gasteiger partial charge in [-0.1, -0.05) is 12.1 Å². The molecule has 0 aliphatic heterocycles. The van der Waals surface area contributed by atoms with Crippen molar-refractivity contribution >= 4 is 18.4 Å². The van der Waals surface area contributed by atoms with Gasteiger partial charge in [0.25, 0.3) is 0 Å².